The van der Waals surface area contributed by atoms with Gasteiger partial charge in [0.05, 0.1) is 12.8 Å². The van der Waals surface area contributed by atoms with Crippen molar-refractivity contribution < 1.29 is 4.79 Å². The number of urea groups is 1. The zero-order chi connectivity index (χ0) is 10.7. The lowest BCUT2D eigenvalue weighted by atomic mass is 10.3. The molecule has 0 aliphatic carbocycles. The van der Waals surface area contributed by atoms with Gasteiger partial charge in [-0.25, -0.2) is 9.80 Å². The largest absolute Gasteiger partial charge is 0.338 e. The molecule has 15 heavy (non-hydrogen) atoms. The third-order valence-corrected chi connectivity index (χ3v) is 2.08. The Hall–Kier alpha value is -1.91. The Morgan fingerprint density at radius 2 is 2.60 bits per heavy atom. The van der Waals surface area contributed by atoms with Crippen LogP contribution in [0.25, 0.3) is 0 Å². The fourth-order valence-electron chi connectivity index (χ4n) is 1.36. The highest BCUT2D eigenvalue weighted by molar-refractivity contribution is 5.82. The fraction of sp³-hybridized carbons (Fsp3) is 0.300. The van der Waals surface area contributed by atoms with Crippen LogP contribution in [0.2, 0.25) is 0 Å². The number of amides is 2. The summed E-state index contributed by atoms with van der Waals surface area (Å²) < 4.78 is 0. The van der Waals surface area contributed by atoms with Gasteiger partial charge in [0.2, 0.25) is 0 Å². The second-order valence-electron chi connectivity index (χ2n) is 3.46. The molecule has 78 valence electrons. The van der Waals surface area contributed by atoms with E-state index in [0.717, 1.165) is 5.56 Å². The zero-order valence-corrected chi connectivity index (χ0v) is 8.42. The van der Waals surface area contributed by atoms with Crippen molar-refractivity contribution in [3.05, 3.63) is 30.1 Å². The zero-order valence-electron chi connectivity index (χ0n) is 8.42. The van der Waals surface area contributed by atoms with E-state index in [4.69, 9.17) is 0 Å². The topological polar surface area (TPSA) is 57.6 Å². The monoisotopic (exact) mass is 204 g/mol. The summed E-state index contributed by atoms with van der Waals surface area (Å²) in [5.74, 6) is 0. The minimum atomic E-state index is -0.150. The summed E-state index contributed by atoms with van der Waals surface area (Å²) in [5.41, 5.74) is 0.879. The Morgan fingerprint density at radius 1 is 1.73 bits per heavy atom. The Kier molecular flexibility index (Phi) is 2.62. The van der Waals surface area contributed by atoms with Crippen molar-refractivity contribution in [2.24, 2.45) is 5.10 Å². The van der Waals surface area contributed by atoms with Crippen LogP contribution in [0, 0.1) is 0 Å². The van der Waals surface area contributed by atoms with Gasteiger partial charge in [0.25, 0.3) is 0 Å². The van der Waals surface area contributed by atoms with Gasteiger partial charge < -0.3 is 5.32 Å². The van der Waals surface area contributed by atoms with Gasteiger partial charge in [0.1, 0.15) is 0 Å². The summed E-state index contributed by atoms with van der Waals surface area (Å²) in [6.45, 7) is 2.55. The third-order valence-electron chi connectivity index (χ3n) is 2.08. The molecule has 1 fully saturated rings. The highest BCUT2D eigenvalue weighted by Crippen LogP contribution is 2.03. The fourth-order valence-corrected chi connectivity index (χ4v) is 1.36. The molecule has 5 nitrogen and oxygen atoms in total. The van der Waals surface area contributed by atoms with Crippen molar-refractivity contribution in [2.75, 3.05) is 6.54 Å². The van der Waals surface area contributed by atoms with Gasteiger partial charge in [-0.1, -0.05) is 6.07 Å². The number of nitrogens with one attached hydrogen (secondary N) is 1. The van der Waals surface area contributed by atoms with E-state index in [1.165, 1.54) is 5.01 Å². The maximum atomic E-state index is 11.3. The van der Waals surface area contributed by atoms with Gasteiger partial charge in [-0.05, 0) is 13.0 Å². The van der Waals surface area contributed by atoms with Crippen LogP contribution in [0.4, 0.5) is 4.79 Å². The molecule has 2 heterocycles. The van der Waals surface area contributed by atoms with Gasteiger partial charge in [-0.15, -0.1) is 0 Å². The van der Waals surface area contributed by atoms with E-state index in [2.05, 4.69) is 15.4 Å². The molecule has 0 bridgehead atoms. The van der Waals surface area contributed by atoms with Gasteiger partial charge >= 0.3 is 6.03 Å². The van der Waals surface area contributed by atoms with E-state index in [0.29, 0.717) is 6.54 Å². The molecule has 1 saturated heterocycles. The number of hydrogen-bond donors (Lipinski definition) is 1. The van der Waals surface area contributed by atoms with Crippen molar-refractivity contribution in [1.82, 2.24) is 15.3 Å². The van der Waals surface area contributed by atoms with Crippen LogP contribution in [-0.4, -0.2) is 34.8 Å². The number of pyridine rings is 1. The number of carbonyl (C=O) groups excluding carboxylic acids is 1. The average molecular weight is 204 g/mol. The Bertz CT molecular complexity index is 376. The Balaban J connectivity index is 2.03. The molecule has 1 aliphatic rings. The van der Waals surface area contributed by atoms with Gasteiger partial charge in [0, 0.05) is 24.0 Å². The second-order valence-corrected chi connectivity index (χ2v) is 3.46. The molecule has 1 unspecified atom stereocenters. The highest BCUT2D eigenvalue weighted by atomic mass is 16.2. The predicted molar refractivity (Wildman–Crippen MR) is 56.5 cm³/mol. The third kappa shape index (κ3) is 2.31. The van der Waals surface area contributed by atoms with Crippen molar-refractivity contribution in [1.29, 1.82) is 0 Å². The standard InChI is InChI=1S/C10H12N4O/c1-8-7-14(10(15)13-8)12-6-9-3-2-4-11-5-9/h2-6,8H,7H2,1H3,(H,13,15)/b12-6+. The number of rotatable bonds is 2. The summed E-state index contributed by atoms with van der Waals surface area (Å²) >= 11 is 0. The SMILES string of the molecule is CC1CN(/N=C/c2cccnc2)C(=O)N1. The van der Waals surface area contributed by atoms with E-state index < -0.39 is 0 Å². The highest BCUT2D eigenvalue weighted by Gasteiger charge is 2.24. The molecule has 1 atom stereocenters. The van der Waals surface area contributed by atoms with Gasteiger partial charge in [-0.2, -0.15) is 5.10 Å². The summed E-state index contributed by atoms with van der Waals surface area (Å²) in [5, 5.41) is 8.26. The lowest BCUT2D eigenvalue weighted by Gasteiger charge is -2.05. The molecular weight excluding hydrogens is 192 g/mol. The predicted octanol–water partition coefficient (Wildman–Crippen LogP) is 0.829. The average Bonchev–Trinajstić information content (AvgIpc) is 2.56. The molecular formula is C10H12N4O. The number of nitrogens with zero attached hydrogens (tertiary/aromatic N) is 3. The molecule has 0 saturated carbocycles. The first-order chi connectivity index (χ1) is 7.25. The van der Waals surface area contributed by atoms with Crippen LogP contribution >= 0.6 is 0 Å². The second kappa shape index (κ2) is 4.08. The molecule has 0 aromatic carbocycles. The summed E-state index contributed by atoms with van der Waals surface area (Å²) in [6.07, 6.45) is 5.02. The first-order valence-electron chi connectivity index (χ1n) is 4.78. The van der Waals surface area contributed by atoms with Crippen LogP contribution in [0.5, 0.6) is 0 Å². The van der Waals surface area contributed by atoms with E-state index in [9.17, 15) is 4.79 Å². The number of carbonyl (C=O) groups is 1. The lowest BCUT2D eigenvalue weighted by molar-refractivity contribution is 0.219. The summed E-state index contributed by atoms with van der Waals surface area (Å²) in [7, 11) is 0. The number of aromatic nitrogens is 1. The molecule has 2 amide bonds. The first kappa shape index (κ1) is 9.64. The van der Waals surface area contributed by atoms with Gasteiger partial charge in [0.15, 0.2) is 0 Å². The molecule has 1 aromatic heterocycles. The maximum Gasteiger partial charge on any atom is 0.338 e. The smallest absolute Gasteiger partial charge is 0.332 e. The van der Waals surface area contributed by atoms with Gasteiger partial charge in [-0.3, -0.25) is 4.98 Å². The molecule has 2 rings (SSSR count). The van der Waals surface area contributed by atoms with Crippen molar-refractivity contribution in [2.45, 2.75) is 13.0 Å². The lowest BCUT2D eigenvalue weighted by Crippen LogP contribution is -2.24. The number of hydrazone groups is 1. The first-order valence-corrected chi connectivity index (χ1v) is 4.78. The Labute approximate surface area is 87.8 Å². The van der Waals surface area contributed by atoms with Crippen molar-refractivity contribution in [3.8, 4) is 0 Å². The maximum absolute atomic E-state index is 11.3. The Morgan fingerprint density at radius 3 is 3.20 bits per heavy atom. The molecule has 1 aliphatic heterocycles. The number of hydrogen-bond acceptors (Lipinski definition) is 3. The van der Waals surface area contributed by atoms with Crippen LogP contribution in [0.3, 0.4) is 0 Å². The van der Waals surface area contributed by atoms with Crippen LogP contribution in [0.15, 0.2) is 29.6 Å². The summed E-state index contributed by atoms with van der Waals surface area (Å²) in [4.78, 5) is 15.2. The van der Waals surface area contributed by atoms with Crippen LogP contribution in [-0.2, 0) is 0 Å². The van der Waals surface area contributed by atoms with E-state index in [1.54, 1.807) is 18.6 Å². The molecule has 5 heteroatoms. The summed E-state index contributed by atoms with van der Waals surface area (Å²) in [6, 6.07) is 3.72. The molecule has 0 spiro atoms. The van der Waals surface area contributed by atoms with Crippen molar-refractivity contribution in [3.63, 3.8) is 0 Å². The molecule has 0 radical (unpaired) electrons. The van der Waals surface area contributed by atoms with Crippen molar-refractivity contribution >= 4 is 12.2 Å². The molecule has 1 aromatic rings. The van der Waals surface area contributed by atoms with E-state index in [1.807, 2.05) is 19.1 Å². The quantitative estimate of drug-likeness (QED) is 0.725. The van der Waals surface area contributed by atoms with E-state index in [-0.39, 0.29) is 12.1 Å². The minimum Gasteiger partial charge on any atom is -0.332 e. The minimum absolute atomic E-state index is 0.150. The molecule has 1 N–H and O–H groups in total. The van der Waals surface area contributed by atoms with E-state index >= 15 is 0 Å². The van der Waals surface area contributed by atoms with Crippen LogP contribution in [0.1, 0.15) is 12.5 Å². The normalized spacial score (nSPS) is 21.0. The van der Waals surface area contributed by atoms with Crippen LogP contribution < -0.4 is 5.32 Å².